The van der Waals surface area contributed by atoms with E-state index >= 15 is 0 Å². The van der Waals surface area contributed by atoms with E-state index in [0.29, 0.717) is 31.1 Å². The molecular weight excluding hydrogens is 352 g/mol. The lowest BCUT2D eigenvalue weighted by atomic mass is 10.1. The van der Waals surface area contributed by atoms with Gasteiger partial charge in [0, 0.05) is 31.4 Å². The molecule has 0 bridgehead atoms. The number of nitrogens with zero attached hydrogens (tertiary/aromatic N) is 3. The van der Waals surface area contributed by atoms with Crippen LogP contribution in [-0.2, 0) is 0 Å². The van der Waals surface area contributed by atoms with Crippen LogP contribution in [-0.4, -0.2) is 53.1 Å². The topological polar surface area (TPSA) is 67.4 Å². The lowest BCUT2D eigenvalue weighted by molar-refractivity contribution is 0.0553. The third-order valence-corrected chi connectivity index (χ3v) is 4.73. The molecule has 0 radical (unpaired) electrons. The highest BCUT2D eigenvalue weighted by Crippen LogP contribution is 2.18. The van der Waals surface area contributed by atoms with Crippen molar-refractivity contribution >= 4 is 5.91 Å². The number of aromatic nitrogens is 2. The third kappa shape index (κ3) is 4.18. The van der Waals surface area contributed by atoms with Crippen molar-refractivity contribution in [3.8, 4) is 17.0 Å². The lowest BCUT2D eigenvalue weighted by Crippen LogP contribution is -2.56. The quantitative estimate of drug-likeness (QED) is 0.744. The number of carbonyl (C=O) groups excluding carboxylic acids is 1. The van der Waals surface area contributed by atoms with E-state index in [4.69, 9.17) is 4.74 Å². The minimum absolute atomic E-state index is 0.0661. The summed E-state index contributed by atoms with van der Waals surface area (Å²) >= 11 is 0. The normalized spacial score (nSPS) is 16.6. The molecule has 28 heavy (non-hydrogen) atoms. The number of nitrogens with one attached hydrogen (secondary N) is 1. The van der Waals surface area contributed by atoms with E-state index < -0.39 is 0 Å². The fourth-order valence-electron chi connectivity index (χ4n) is 3.27. The van der Waals surface area contributed by atoms with Crippen molar-refractivity contribution in [2.24, 2.45) is 0 Å². The fraction of sp³-hybridized carbons (Fsp3) is 0.227. The summed E-state index contributed by atoms with van der Waals surface area (Å²) in [6.45, 7) is 2.47. The highest BCUT2D eigenvalue weighted by molar-refractivity contribution is 5.93. The van der Waals surface area contributed by atoms with Crippen LogP contribution in [0.1, 0.15) is 10.5 Å². The summed E-state index contributed by atoms with van der Waals surface area (Å²) in [5.74, 6) is 0.628. The molecule has 1 amide bonds. The molecule has 3 heterocycles. The first-order chi connectivity index (χ1) is 13.8. The predicted molar refractivity (Wildman–Crippen MR) is 107 cm³/mol. The number of amides is 1. The third-order valence-electron chi connectivity index (χ3n) is 4.73. The Labute approximate surface area is 164 Å². The number of piperazine rings is 1. The molecular formula is C22H22N4O2. The van der Waals surface area contributed by atoms with Gasteiger partial charge in [0.15, 0.2) is 0 Å². The fourth-order valence-corrected chi connectivity index (χ4v) is 3.27. The van der Waals surface area contributed by atoms with E-state index in [2.05, 4.69) is 15.3 Å². The zero-order valence-corrected chi connectivity index (χ0v) is 15.5. The molecule has 1 aliphatic rings. The van der Waals surface area contributed by atoms with Crippen molar-refractivity contribution in [1.29, 1.82) is 0 Å². The maximum absolute atomic E-state index is 13.2. The van der Waals surface area contributed by atoms with Gasteiger partial charge in [0.1, 0.15) is 18.1 Å². The van der Waals surface area contributed by atoms with Gasteiger partial charge >= 0.3 is 0 Å². The van der Waals surface area contributed by atoms with Crippen molar-refractivity contribution in [2.75, 3.05) is 26.2 Å². The lowest BCUT2D eigenvalue weighted by Gasteiger charge is -2.35. The summed E-state index contributed by atoms with van der Waals surface area (Å²) in [6, 6.07) is 19.1. The minimum atomic E-state index is -0.0703. The number of pyridine rings is 2. The van der Waals surface area contributed by atoms with E-state index in [-0.39, 0.29) is 11.9 Å². The highest BCUT2D eigenvalue weighted by Gasteiger charge is 2.28. The molecule has 2 aromatic heterocycles. The van der Waals surface area contributed by atoms with Gasteiger partial charge < -0.3 is 15.0 Å². The second kappa shape index (κ2) is 8.63. The first-order valence-corrected chi connectivity index (χ1v) is 9.38. The predicted octanol–water partition coefficient (Wildman–Crippen LogP) is 2.64. The molecule has 4 rings (SSSR count). The summed E-state index contributed by atoms with van der Waals surface area (Å²) < 4.78 is 5.84. The maximum atomic E-state index is 13.2. The Morgan fingerprint density at radius 2 is 2.00 bits per heavy atom. The number of hydrogen-bond donors (Lipinski definition) is 1. The van der Waals surface area contributed by atoms with Gasteiger partial charge in [-0.1, -0.05) is 36.4 Å². The summed E-state index contributed by atoms with van der Waals surface area (Å²) in [5.41, 5.74) is 2.24. The van der Waals surface area contributed by atoms with Crippen molar-refractivity contribution in [2.45, 2.75) is 6.04 Å². The van der Waals surface area contributed by atoms with Crippen LogP contribution >= 0.6 is 0 Å². The van der Waals surface area contributed by atoms with E-state index in [1.54, 1.807) is 18.5 Å². The van der Waals surface area contributed by atoms with Crippen LogP contribution in [0.5, 0.6) is 5.75 Å². The zero-order valence-electron chi connectivity index (χ0n) is 15.5. The van der Waals surface area contributed by atoms with E-state index in [1.807, 2.05) is 59.5 Å². The number of benzene rings is 1. The molecule has 3 aromatic rings. The molecule has 1 saturated heterocycles. The average molecular weight is 374 g/mol. The highest BCUT2D eigenvalue weighted by atomic mass is 16.5. The Balaban J connectivity index is 1.50. The van der Waals surface area contributed by atoms with Crippen molar-refractivity contribution < 1.29 is 9.53 Å². The van der Waals surface area contributed by atoms with Crippen LogP contribution in [0.3, 0.4) is 0 Å². The summed E-state index contributed by atoms with van der Waals surface area (Å²) in [6.07, 6.45) is 3.38. The van der Waals surface area contributed by atoms with Crippen LogP contribution in [0.4, 0.5) is 0 Å². The maximum Gasteiger partial charge on any atom is 0.272 e. The molecule has 0 saturated carbocycles. The van der Waals surface area contributed by atoms with Crippen molar-refractivity contribution in [1.82, 2.24) is 20.2 Å². The number of rotatable bonds is 5. The monoisotopic (exact) mass is 374 g/mol. The Bertz CT molecular complexity index is 918. The molecule has 142 valence electrons. The Morgan fingerprint density at radius 1 is 1.11 bits per heavy atom. The standard InChI is InChI=1S/C22H22N4O2/c27-22(21-10-4-9-20(25-21)17-6-2-1-3-7-17)26-13-12-24-14-18(26)16-28-19-8-5-11-23-15-19/h1-11,15,18,24H,12-14,16H2. The second-order valence-corrected chi connectivity index (χ2v) is 6.63. The summed E-state index contributed by atoms with van der Waals surface area (Å²) in [4.78, 5) is 23.7. The largest absolute Gasteiger partial charge is 0.490 e. The van der Waals surface area contributed by atoms with Crippen molar-refractivity contribution in [3.63, 3.8) is 0 Å². The molecule has 0 spiro atoms. The van der Waals surface area contributed by atoms with Crippen LogP contribution in [0.25, 0.3) is 11.3 Å². The number of hydrogen-bond acceptors (Lipinski definition) is 5. The number of ether oxygens (including phenoxy) is 1. The van der Waals surface area contributed by atoms with E-state index in [9.17, 15) is 4.79 Å². The van der Waals surface area contributed by atoms with Gasteiger partial charge in [0.05, 0.1) is 17.9 Å². The van der Waals surface area contributed by atoms with Gasteiger partial charge in [-0.05, 0) is 24.3 Å². The zero-order chi connectivity index (χ0) is 19.2. The van der Waals surface area contributed by atoms with Crippen molar-refractivity contribution in [3.05, 3.63) is 78.8 Å². The van der Waals surface area contributed by atoms with Gasteiger partial charge in [0.25, 0.3) is 5.91 Å². The molecule has 1 aliphatic heterocycles. The minimum Gasteiger partial charge on any atom is -0.490 e. The first-order valence-electron chi connectivity index (χ1n) is 9.38. The molecule has 1 N–H and O–H groups in total. The first kappa shape index (κ1) is 18.1. The van der Waals surface area contributed by atoms with Crippen LogP contribution in [0.2, 0.25) is 0 Å². The summed E-state index contributed by atoms with van der Waals surface area (Å²) in [5, 5.41) is 3.33. The van der Waals surface area contributed by atoms with Gasteiger partial charge in [-0.15, -0.1) is 0 Å². The Morgan fingerprint density at radius 3 is 2.82 bits per heavy atom. The Kier molecular flexibility index (Phi) is 5.58. The smallest absolute Gasteiger partial charge is 0.272 e. The van der Waals surface area contributed by atoms with Gasteiger partial charge in [-0.2, -0.15) is 0 Å². The SMILES string of the molecule is O=C(c1cccc(-c2ccccc2)n1)N1CCNCC1COc1cccnc1. The molecule has 0 aliphatic carbocycles. The van der Waals surface area contributed by atoms with Gasteiger partial charge in [-0.3, -0.25) is 9.78 Å². The molecule has 6 nitrogen and oxygen atoms in total. The van der Waals surface area contributed by atoms with Gasteiger partial charge in [-0.25, -0.2) is 4.98 Å². The van der Waals surface area contributed by atoms with Crippen LogP contribution in [0.15, 0.2) is 73.1 Å². The molecule has 1 aromatic carbocycles. The van der Waals surface area contributed by atoms with Crippen LogP contribution in [0, 0.1) is 0 Å². The molecule has 1 unspecified atom stereocenters. The molecule has 1 fully saturated rings. The van der Waals surface area contributed by atoms with Gasteiger partial charge in [0.2, 0.25) is 0 Å². The Hall–Kier alpha value is -3.25. The molecule has 1 atom stereocenters. The molecule has 6 heteroatoms. The number of carbonyl (C=O) groups is 1. The van der Waals surface area contributed by atoms with Crippen LogP contribution < -0.4 is 10.1 Å². The van der Waals surface area contributed by atoms with E-state index in [1.165, 1.54) is 0 Å². The average Bonchev–Trinajstić information content (AvgIpc) is 2.79. The van der Waals surface area contributed by atoms with E-state index in [0.717, 1.165) is 17.8 Å². The summed E-state index contributed by atoms with van der Waals surface area (Å²) in [7, 11) is 0. The second-order valence-electron chi connectivity index (χ2n) is 6.63.